The summed E-state index contributed by atoms with van der Waals surface area (Å²) in [5, 5.41) is 12.2. The lowest BCUT2D eigenvalue weighted by atomic mass is 10.2. The maximum absolute atomic E-state index is 5.44. The van der Waals surface area contributed by atoms with Crippen LogP contribution < -0.4 is 0 Å². The fourth-order valence-corrected chi connectivity index (χ4v) is 2.51. The van der Waals surface area contributed by atoms with E-state index < -0.39 is 0 Å². The lowest BCUT2D eigenvalue weighted by Crippen LogP contribution is -2.32. The Labute approximate surface area is 106 Å². The highest BCUT2D eigenvalue weighted by atomic mass is 16.4. The molecule has 0 aromatic carbocycles. The van der Waals surface area contributed by atoms with E-state index in [4.69, 9.17) is 4.42 Å². The molecule has 0 amide bonds. The molecule has 3 rings (SSSR count). The third-order valence-electron chi connectivity index (χ3n) is 3.36. The summed E-state index contributed by atoms with van der Waals surface area (Å²) in [4.78, 5) is 2.40. The van der Waals surface area contributed by atoms with Crippen molar-refractivity contribution in [3.05, 3.63) is 30.2 Å². The first-order chi connectivity index (χ1) is 8.81. The fourth-order valence-electron chi connectivity index (χ4n) is 2.51. The van der Waals surface area contributed by atoms with Crippen molar-refractivity contribution in [2.24, 2.45) is 0 Å². The molecule has 1 aliphatic rings. The molecule has 0 spiro atoms. The van der Waals surface area contributed by atoms with Crippen molar-refractivity contribution in [1.29, 1.82) is 0 Å². The Bertz CT molecular complexity index is 492. The Balaban J connectivity index is 1.64. The normalized spacial score (nSPS) is 20.6. The van der Waals surface area contributed by atoms with E-state index in [1.807, 2.05) is 30.1 Å². The smallest absolute Gasteiger partial charge is 0.230 e. The summed E-state index contributed by atoms with van der Waals surface area (Å²) in [6.07, 6.45) is 6.25. The monoisotopic (exact) mass is 247 g/mol. The number of nitrogens with zero attached hydrogens (tertiary/aromatic N) is 5. The van der Waals surface area contributed by atoms with Gasteiger partial charge in [-0.3, -0.25) is 9.58 Å². The van der Waals surface area contributed by atoms with E-state index in [2.05, 4.69) is 20.2 Å². The highest BCUT2D eigenvalue weighted by Crippen LogP contribution is 2.20. The summed E-state index contributed by atoms with van der Waals surface area (Å²) in [5.74, 6) is 1.34. The first-order valence-corrected chi connectivity index (χ1v) is 6.32. The van der Waals surface area contributed by atoms with Gasteiger partial charge in [0.05, 0.1) is 13.1 Å². The molecular weight excluding hydrogens is 230 g/mol. The van der Waals surface area contributed by atoms with E-state index in [0.29, 0.717) is 17.8 Å². The minimum atomic E-state index is 0.511. The second-order valence-electron chi connectivity index (χ2n) is 4.71. The van der Waals surface area contributed by atoms with Gasteiger partial charge in [0.1, 0.15) is 0 Å². The number of rotatable bonds is 4. The maximum Gasteiger partial charge on any atom is 0.230 e. The van der Waals surface area contributed by atoms with Gasteiger partial charge in [-0.15, -0.1) is 10.2 Å². The van der Waals surface area contributed by atoms with Crippen LogP contribution in [0.15, 0.2) is 22.9 Å². The van der Waals surface area contributed by atoms with Crippen LogP contribution in [0.5, 0.6) is 0 Å². The molecule has 0 radical (unpaired) electrons. The highest BCUT2D eigenvalue weighted by molar-refractivity contribution is 4.87. The summed E-state index contributed by atoms with van der Waals surface area (Å²) in [7, 11) is 0. The van der Waals surface area contributed by atoms with Crippen molar-refractivity contribution in [2.45, 2.75) is 38.9 Å². The zero-order valence-corrected chi connectivity index (χ0v) is 10.5. The molecule has 6 heteroatoms. The molecule has 1 atom stereocenters. The lowest BCUT2D eigenvalue weighted by Gasteiger charge is -2.22. The summed E-state index contributed by atoms with van der Waals surface area (Å²) in [5.41, 5.74) is 0. The molecule has 2 aromatic rings. The lowest BCUT2D eigenvalue weighted by molar-refractivity contribution is 0.199. The molecule has 3 heterocycles. The second-order valence-corrected chi connectivity index (χ2v) is 4.71. The number of aromatic nitrogens is 4. The Morgan fingerprint density at radius 2 is 2.39 bits per heavy atom. The first-order valence-electron chi connectivity index (χ1n) is 6.32. The standard InChI is InChI=1S/C12H17N5O/c1-10-14-15-12(18-10)9-16-6-2-4-11(16)8-17-7-3-5-13-17/h3,5,7,11H,2,4,6,8-9H2,1H3/t11-/m1/s1. The average molecular weight is 247 g/mol. The van der Waals surface area contributed by atoms with Gasteiger partial charge in [0.25, 0.3) is 0 Å². The van der Waals surface area contributed by atoms with Gasteiger partial charge in [-0.25, -0.2) is 0 Å². The van der Waals surface area contributed by atoms with Crippen LogP contribution in [-0.2, 0) is 13.1 Å². The average Bonchev–Trinajstić information content (AvgIpc) is 3.05. The predicted octanol–water partition coefficient (Wildman–Crippen LogP) is 1.24. The van der Waals surface area contributed by atoms with E-state index in [-0.39, 0.29) is 0 Å². The molecule has 2 aromatic heterocycles. The summed E-state index contributed by atoms with van der Waals surface area (Å²) in [6.45, 7) is 4.59. The van der Waals surface area contributed by atoms with Gasteiger partial charge in [0, 0.05) is 25.4 Å². The van der Waals surface area contributed by atoms with Crippen molar-refractivity contribution < 1.29 is 4.42 Å². The molecular formula is C12H17N5O. The fraction of sp³-hybridized carbons (Fsp3) is 0.583. The van der Waals surface area contributed by atoms with Crippen LogP contribution in [0.3, 0.4) is 0 Å². The molecule has 0 saturated carbocycles. The minimum absolute atomic E-state index is 0.511. The van der Waals surface area contributed by atoms with Gasteiger partial charge in [0.2, 0.25) is 11.8 Å². The third kappa shape index (κ3) is 2.43. The predicted molar refractivity (Wildman–Crippen MR) is 64.7 cm³/mol. The summed E-state index contributed by atoms with van der Waals surface area (Å²) in [6, 6.07) is 2.47. The van der Waals surface area contributed by atoms with Crippen LogP contribution in [0, 0.1) is 6.92 Å². The van der Waals surface area contributed by atoms with E-state index in [9.17, 15) is 0 Å². The largest absolute Gasteiger partial charge is 0.424 e. The van der Waals surface area contributed by atoms with Crippen LogP contribution in [0.4, 0.5) is 0 Å². The van der Waals surface area contributed by atoms with Crippen molar-refractivity contribution in [1.82, 2.24) is 24.9 Å². The molecule has 0 unspecified atom stereocenters. The van der Waals surface area contributed by atoms with Crippen molar-refractivity contribution in [2.75, 3.05) is 6.54 Å². The quantitative estimate of drug-likeness (QED) is 0.813. The van der Waals surface area contributed by atoms with Crippen LogP contribution in [-0.4, -0.2) is 37.5 Å². The zero-order valence-electron chi connectivity index (χ0n) is 10.5. The summed E-state index contributed by atoms with van der Waals surface area (Å²) < 4.78 is 7.43. The molecule has 6 nitrogen and oxygen atoms in total. The van der Waals surface area contributed by atoms with Crippen molar-refractivity contribution >= 4 is 0 Å². The van der Waals surface area contributed by atoms with Gasteiger partial charge in [-0.05, 0) is 25.5 Å². The van der Waals surface area contributed by atoms with Crippen LogP contribution >= 0.6 is 0 Å². The number of hydrogen-bond donors (Lipinski definition) is 0. The Kier molecular flexibility index (Phi) is 3.10. The van der Waals surface area contributed by atoms with E-state index >= 15 is 0 Å². The topological polar surface area (TPSA) is 60.0 Å². The molecule has 1 fully saturated rings. The van der Waals surface area contributed by atoms with Crippen LogP contribution in [0.2, 0.25) is 0 Å². The number of aryl methyl sites for hydroxylation is 1. The number of hydrogen-bond acceptors (Lipinski definition) is 5. The van der Waals surface area contributed by atoms with Gasteiger partial charge in [-0.2, -0.15) is 5.10 Å². The van der Waals surface area contributed by atoms with E-state index in [1.54, 1.807) is 0 Å². The van der Waals surface area contributed by atoms with Gasteiger partial charge in [-0.1, -0.05) is 0 Å². The Morgan fingerprint density at radius 1 is 1.44 bits per heavy atom. The second kappa shape index (κ2) is 4.89. The molecule has 0 aliphatic carbocycles. The minimum Gasteiger partial charge on any atom is -0.424 e. The van der Waals surface area contributed by atoms with E-state index in [1.165, 1.54) is 12.8 Å². The molecule has 96 valence electrons. The molecule has 0 N–H and O–H groups in total. The first kappa shape index (κ1) is 11.4. The van der Waals surface area contributed by atoms with Crippen LogP contribution in [0.25, 0.3) is 0 Å². The maximum atomic E-state index is 5.44. The van der Waals surface area contributed by atoms with Crippen molar-refractivity contribution in [3.8, 4) is 0 Å². The van der Waals surface area contributed by atoms with E-state index in [0.717, 1.165) is 19.6 Å². The molecule has 1 aliphatic heterocycles. The van der Waals surface area contributed by atoms with Gasteiger partial charge in [0.15, 0.2) is 0 Å². The molecule has 18 heavy (non-hydrogen) atoms. The Morgan fingerprint density at radius 3 is 3.11 bits per heavy atom. The highest BCUT2D eigenvalue weighted by Gasteiger charge is 2.26. The van der Waals surface area contributed by atoms with Gasteiger partial charge >= 0.3 is 0 Å². The van der Waals surface area contributed by atoms with Crippen molar-refractivity contribution in [3.63, 3.8) is 0 Å². The summed E-state index contributed by atoms with van der Waals surface area (Å²) >= 11 is 0. The molecule has 1 saturated heterocycles. The third-order valence-corrected chi connectivity index (χ3v) is 3.36. The SMILES string of the molecule is Cc1nnc(CN2CCC[C@@H]2Cn2cccn2)o1. The Hall–Kier alpha value is -1.69. The zero-order chi connectivity index (χ0) is 12.4. The van der Waals surface area contributed by atoms with Crippen LogP contribution in [0.1, 0.15) is 24.6 Å². The molecule has 0 bridgehead atoms. The number of likely N-dealkylation sites (tertiary alicyclic amines) is 1. The van der Waals surface area contributed by atoms with Gasteiger partial charge < -0.3 is 4.42 Å².